The molecular weight excluding hydrogens is 572 g/mol. The average Bonchev–Trinajstić information content (AvgIpc) is 3.07. The molecule has 3 aliphatic rings. The molecule has 3 aromatic carbocycles. The molecule has 2 saturated heterocycles. The summed E-state index contributed by atoms with van der Waals surface area (Å²) in [7, 11) is 4.91. The van der Waals surface area contributed by atoms with Gasteiger partial charge in [-0.1, -0.05) is 54.7 Å². The molecule has 3 atom stereocenters. The quantitative estimate of drug-likeness (QED) is 0.335. The fraction of sp³-hybridized carbons (Fsp3) is 0.353. The number of amidine groups is 1. The minimum absolute atomic E-state index is 0.364. The number of benzene rings is 3. The van der Waals surface area contributed by atoms with Crippen LogP contribution >= 0.6 is 12.2 Å². The maximum Gasteiger partial charge on any atom is 0.136 e. The van der Waals surface area contributed by atoms with Gasteiger partial charge in [0.1, 0.15) is 38.9 Å². The van der Waals surface area contributed by atoms with Gasteiger partial charge in [0.05, 0.1) is 46.8 Å². The monoisotopic (exact) mass is 606 g/mol. The van der Waals surface area contributed by atoms with Crippen LogP contribution in [0.5, 0.6) is 17.2 Å². The Labute approximate surface area is 263 Å². The van der Waals surface area contributed by atoms with Crippen molar-refractivity contribution in [2.24, 2.45) is 15.8 Å². The first-order valence-electron chi connectivity index (χ1n) is 14.4. The summed E-state index contributed by atoms with van der Waals surface area (Å²) >= 11 is 6.26. The third-order valence-corrected chi connectivity index (χ3v) is 9.54. The number of ether oxygens (including phenoxy) is 3. The van der Waals surface area contributed by atoms with Crippen molar-refractivity contribution < 1.29 is 14.2 Å². The van der Waals surface area contributed by atoms with E-state index >= 15 is 0 Å². The summed E-state index contributed by atoms with van der Waals surface area (Å²) in [6, 6.07) is 28.8. The molecule has 224 valence electrons. The number of aliphatic imine (C=N–C) groups is 1. The van der Waals surface area contributed by atoms with E-state index in [1.54, 1.807) is 21.3 Å². The van der Waals surface area contributed by atoms with Crippen molar-refractivity contribution in [2.45, 2.75) is 19.0 Å². The molecule has 0 unspecified atom stereocenters. The van der Waals surface area contributed by atoms with Crippen LogP contribution in [0.4, 0.5) is 0 Å². The van der Waals surface area contributed by atoms with Gasteiger partial charge in [-0.15, -0.1) is 0 Å². The highest BCUT2D eigenvalue weighted by molar-refractivity contribution is 7.80. The van der Waals surface area contributed by atoms with Gasteiger partial charge >= 0.3 is 0 Å². The Morgan fingerprint density at radius 3 is 1.93 bits per heavy atom. The Morgan fingerprint density at radius 1 is 0.795 bits per heavy atom. The molecule has 3 aliphatic heterocycles. The number of likely N-dealkylation sites (tertiary alicyclic amines) is 1. The first-order chi connectivity index (χ1) is 21.4. The van der Waals surface area contributed by atoms with Crippen LogP contribution < -0.4 is 14.2 Å². The molecule has 0 amide bonds. The van der Waals surface area contributed by atoms with Crippen molar-refractivity contribution in [2.75, 3.05) is 47.8 Å². The van der Waals surface area contributed by atoms with Gasteiger partial charge in [0.25, 0.3) is 0 Å². The molecule has 3 aromatic rings. The minimum atomic E-state index is -1.19. The Hall–Kier alpha value is -4.48. The van der Waals surface area contributed by atoms with Crippen molar-refractivity contribution >= 4 is 23.0 Å². The van der Waals surface area contributed by atoms with Gasteiger partial charge in [0.15, 0.2) is 0 Å². The summed E-state index contributed by atoms with van der Waals surface area (Å²) in [6.07, 6.45) is 0. The van der Waals surface area contributed by atoms with E-state index in [4.69, 9.17) is 31.4 Å². The molecular formula is C34H34N6O3S. The molecule has 0 spiro atoms. The van der Waals surface area contributed by atoms with Gasteiger partial charge in [-0.05, 0) is 41.5 Å². The van der Waals surface area contributed by atoms with Crippen molar-refractivity contribution in [3.8, 4) is 29.4 Å². The molecule has 0 radical (unpaired) electrons. The van der Waals surface area contributed by atoms with Crippen LogP contribution in [0.1, 0.15) is 22.6 Å². The molecule has 0 saturated carbocycles. The number of fused-ring (bicyclic) bond motifs is 4. The van der Waals surface area contributed by atoms with E-state index in [2.05, 4.69) is 21.9 Å². The lowest BCUT2D eigenvalue weighted by Crippen LogP contribution is -2.73. The number of nitrogens with zero attached hydrogens (tertiary/aromatic N) is 6. The largest absolute Gasteiger partial charge is 0.497 e. The fourth-order valence-corrected chi connectivity index (χ4v) is 7.40. The first kappa shape index (κ1) is 29.6. The van der Waals surface area contributed by atoms with E-state index in [-0.39, 0.29) is 0 Å². The highest BCUT2D eigenvalue weighted by Crippen LogP contribution is 2.59. The van der Waals surface area contributed by atoms with E-state index in [1.807, 2.05) is 77.7 Å². The predicted molar refractivity (Wildman–Crippen MR) is 170 cm³/mol. The fourth-order valence-electron chi connectivity index (χ4n) is 7.03. The molecule has 6 rings (SSSR count). The number of rotatable bonds is 8. The molecule has 3 heterocycles. The van der Waals surface area contributed by atoms with Crippen molar-refractivity contribution in [1.82, 2.24) is 14.7 Å². The summed E-state index contributed by atoms with van der Waals surface area (Å²) in [5, 5.41) is 22.3. The second-order valence-corrected chi connectivity index (χ2v) is 11.9. The van der Waals surface area contributed by atoms with Crippen LogP contribution in [-0.4, -0.2) is 73.3 Å². The normalized spacial score (nSPS) is 24.8. The lowest BCUT2D eigenvalue weighted by molar-refractivity contribution is 0.0515. The molecule has 44 heavy (non-hydrogen) atoms. The third-order valence-electron chi connectivity index (χ3n) is 8.95. The van der Waals surface area contributed by atoms with E-state index < -0.39 is 16.7 Å². The van der Waals surface area contributed by atoms with Gasteiger partial charge in [-0.3, -0.25) is 14.8 Å². The summed E-state index contributed by atoms with van der Waals surface area (Å²) in [6.45, 7) is 2.78. The number of methoxy groups -OCH3 is 3. The standard InChI is InChI=1S/C34H34N6O3S/c1-41-26-12-8-24(9-13-26)16-38-20-33(18-35)30(28-6-4-5-7-29(28)43-3)34(19-36,21-38)32(44)40-23-39(22-37-31(33)40)17-25-10-14-27(42-2)15-11-25/h4-15,30H,16-17,20-23H2,1-3H3/t30-,33-,34-/m0/s1. The summed E-state index contributed by atoms with van der Waals surface area (Å²) in [5.41, 5.74) is 0.624. The number of hydrogen-bond donors (Lipinski definition) is 0. The number of thiocarbonyl (C=S) groups is 1. The van der Waals surface area contributed by atoms with Gasteiger partial charge < -0.3 is 19.1 Å². The summed E-state index contributed by atoms with van der Waals surface area (Å²) in [5.74, 6) is 2.26. The SMILES string of the molecule is COc1ccc(CN2CN=C3N(C2)C(=S)[C@@]2(C#N)CN(Cc4ccc(OC)cc4)C[C@@]3(C#N)[C@@H]2c2ccccc2OC)cc1. The molecule has 2 bridgehead atoms. The van der Waals surface area contributed by atoms with Crippen molar-refractivity contribution in [1.29, 1.82) is 10.5 Å². The second kappa shape index (κ2) is 11.9. The lowest BCUT2D eigenvalue weighted by atomic mass is 9.53. The first-order valence-corrected chi connectivity index (χ1v) is 14.8. The van der Waals surface area contributed by atoms with Crippen LogP contribution in [0.2, 0.25) is 0 Å². The lowest BCUT2D eigenvalue weighted by Gasteiger charge is -2.60. The molecule has 0 aliphatic carbocycles. The van der Waals surface area contributed by atoms with E-state index in [0.717, 1.165) is 28.2 Å². The topological polar surface area (TPSA) is 97.4 Å². The predicted octanol–water partition coefficient (Wildman–Crippen LogP) is 4.80. The summed E-state index contributed by atoms with van der Waals surface area (Å²) in [4.78, 5) is 11.9. The van der Waals surface area contributed by atoms with Crippen LogP contribution in [0.25, 0.3) is 0 Å². The smallest absolute Gasteiger partial charge is 0.136 e. The maximum atomic E-state index is 11.2. The Morgan fingerprint density at radius 2 is 1.36 bits per heavy atom. The molecule has 2 fully saturated rings. The van der Waals surface area contributed by atoms with Gasteiger partial charge in [0, 0.05) is 37.7 Å². The van der Waals surface area contributed by atoms with Crippen molar-refractivity contribution in [3.05, 3.63) is 89.5 Å². The zero-order valence-corrected chi connectivity index (χ0v) is 25.9. The zero-order valence-electron chi connectivity index (χ0n) is 25.1. The number of para-hydroxylation sites is 1. The van der Waals surface area contributed by atoms with Crippen LogP contribution in [0.3, 0.4) is 0 Å². The van der Waals surface area contributed by atoms with E-state index in [9.17, 15) is 10.5 Å². The van der Waals surface area contributed by atoms with Gasteiger partial charge in [-0.2, -0.15) is 10.5 Å². The summed E-state index contributed by atoms with van der Waals surface area (Å²) < 4.78 is 16.5. The molecule has 10 heteroatoms. The Balaban J connectivity index is 1.43. The maximum absolute atomic E-state index is 11.2. The second-order valence-electron chi connectivity index (χ2n) is 11.5. The number of hydrogen-bond acceptors (Lipinski definition) is 9. The van der Waals surface area contributed by atoms with Crippen LogP contribution in [0, 0.1) is 33.5 Å². The Bertz CT molecular complexity index is 1660. The van der Waals surface area contributed by atoms with Crippen LogP contribution in [-0.2, 0) is 13.1 Å². The number of piperidine rings is 2. The molecule has 0 N–H and O–H groups in total. The highest BCUT2D eigenvalue weighted by atomic mass is 32.1. The van der Waals surface area contributed by atoms with Gasteiger partial charge in [-0.25, -0.2) is 0 Å². The molecule has 9 nitrogen and oxygen atoms in total. The minimum Gasteiger partial charge on any atom is -0.497 e. The average molecular weight is 607 g/mol. The number of nitriles is 2. The van der Waals surface area contributed by atoms with Crippen molar-refractivity contribution in [3.63, 3.8) is 0 Å². The Kier molecular flexibility index (Phi) is 8.00. The van der Waals surface area contributed by atoms with E-state index in [1.165, 1.54) is 0 Å². The molecule has 0 aromatic heterocycles. The van der Waals surface area contributed by atoms with Crippen LogP contribution in [0.15, 0.2) is 77.8 Å². The van der Waals surface area contributed by atoms with Gasteiger partial charge in [0.2, 0.25) is 0 Å². The third kappa shape index (κ3) is 4.86. The highest BCUT2D eigenvalue weighted by Gasteiger charge is 2.68. The zero-order chi connectivity index (χ0) is 30.9. The van der Waals surface area contributed by atoms with E-state index in [0.29, 0.717) is 56.1 Å².